The zero-order valence-electron chi connectivity index (χ0n) is 10.2. The fourth-order valence-corrected chi connectivity index (χ4v) is 2.46. The molecule has 1 unspecified atom stereocenters. The zero-order valence-corrected chi connectivity index (χ0v) is 11.8. The van der Waals surface area contributed by atoms with Crippen LogP contribution >= 0.6 is 15.9 Å². The number of aromatic nitrogens is 1. The van der Waals surface area contributed by atoms with Crippen molar-refractivity contribution in [3.63, 3.8) is 0 Å². The van der Waals surface area contributed by atoms with Gasteiger partial charge in [0, 0.05) is 30.8 Å². The van der Waals surface area contributed by atoms with Crippen LogP contribution in [0.2, 0.25) is 0 Å². The molecule has 0 fully saturated rings. The van der Waals surface area contributed by atoms with Gasteiger partial charge in [0.1, 0.15) is 0 Å². The van der Waals surface area contributed by atoms with Gasteiger partial charge in [0.2, 0.25) is 0 Å². The molecule has 0 aliphatic rings. The highest BCUT2D eigenvalue weighted by Gasteiger charge is 2.09. The molecule has 0 saturated carbocycles. The first-order valence-electron chi connectivity index (χ1n) is 5.89. The van der Waals surface area contributed by atoms with E-state index in [1.807, 2.05) is 18.5 Å². The summed E-state index contributed by atoms with van der Waals surface area (Å²) in [5, 5.41) is 1.10. The van der Waals surface area contributed by atoms with E-state index in [2.05, 4.69) is 45.9 Å². The van der Waals surface area contributed by atoms with Crippen LogP contribution in [0.4, 0.5) is 0 Å². The Kier molecular flexibility index (Phi) is 6.65. The van der Waals surface area contributed by atoms with Gasteiger partial charge in [0.15, 0.2) is 0 Å². The average molecular weight is 285 g/mol. The predicted octanol–water partition coefficient (Wildman–Crippen LogP) is 3.32. The molecule has 0 amide bonds. The Bertz CT molecular complexity index is 277. The van der Waals surface area contributed by atoms with Gasteiger partial charge in [0.05, 0.1) is 0 Å². The minimum Gasteiger partial charge on any atom is -0.302 e. The van der Waals surface area contributed by atoms with Crippen molar-refractivity contribution in [2.45, 2.75) is 26.3 Å². The summed E-state index contributed by atoms with van der Waals surface area (Å²) in [6, 6.07) is 4.13. The van der Waals surface area contributed by atoms with Gasteiger partial charge in [-0.25, -0.2) is 0 Å². The molecule has 16 heavy (non-hydrogen) atoms. The van der Waals surface area contributed by atoms with Gasteiger partial charge in [0.25, 0.3) is 0 Å². The molecular formula is C13H21BrN2. The summed E-state index contributed by atoms with van der Waals surface area (Å²) in [4.78, 5) is 6.51. The molecule has 0 aromatic carbocycles. The maximum atomic E-state index is 4.14. The number of nitrogens with zero attached hydrogens (tertiary/aromatic N) is 2. The van der Waals surface area contributed by atoms with Gasteiger partial charge in [-0.05, 0) is 31.0 Å². The average Bonchev–Trinajstić information content (AvgIpc) is 2.29. The van der Waals surface area contributed by atoms with Crippen molar-refractivity contribution in [1.82, 2.24) is 9.88 Å². The van der Waals surface area contributed by atoms with Crippen molar-refractivity contribution >= 4 is 15.9 Å². The minimum absolute atomic E-state index is 0.756. The molecule has 0 N–H and O–H groups in total. The number of alkyl halides is 1. The summed E-state index contributed by atoms with van der Waals surface area (Å²) in [5.74, 6) is 0.756. The fourth-order valence-electron chi connectivity index (χ4n) is 1.93. The van der Waals surface area contributed by atoms with E-state index < -0.39 is 0 Å². The van der Waals surface area contributed by atoms with Crippen LogP contribution in [0.25, 0.3) is 0 Å². The summed E-state index contributed by atoms with van der Waals surface area (Å²) < 4.78 is 0. The number of hydrogen-bond acceptors (Lipinski definition) is 2. The lowest BCUT2D eigenvalue weighted by molar-refractivity contribution is 0.273. The number of halogens is 1. The maximum Gasteiger partial charge on any atom is 0.0312 e. The summed E-state index contributed by atoms with van der Waals surface area (Å²) >= 11 is 3.59. The Morgan fingerprint density at radius 3 is 2.88 bits per heavy atom. The van der Waals surface area contributed by atoms with E-state index >= 15 is 0 Å². The third kappa shape index (κ3) is 5.08. The molecule has 0 radical (unpaired) electrons. The van der Waals surface area contributed by atoms with E-state index in [-0.39, 0.29) is 0 Å². The Hall–Kier alpha value is -0.410. The van der Waals surface area contributed by atoms with E-state index in [9.17, 15) is 0 Å². The van der Waals surface area contributed by atoms with E-state index in [0.717, 1.165) is 24.3 Å². The van der Waals surface area contributed by atoms with Crippen LogP contribution in [0.5, 0.6) is 0 Å². The first kappa shape index (κ1) is 13.7. The Morgan fingerprint density at radius 2 is 2.31 bits per heavy atom. The lowest BCUT2D eigenvalue weighted by Gasteiger charge is -2.22. The second-order valence-corrected chi connectivity index (χ2v) is 5.01. The first-order chi connectivity index (χ1) is 7.76. The molecule has 0 saturated heterocycles. The van der Waals surface area contributed by atoms with Gasteiger partial charge < -0.3 is 4.90 Å². The van der Waals surface area contributed by atoms with Crippen LogP contribution in [0.3, 0.4) is 0 Å². The summed E-state index contributed by atoms with van der Waals surface area (Å²) in [6.07, 6.45) is 6.32. The second kappa shape index (κ2) is 7.80. The van der Waals surface area contributed by atoms with Gasteiger partial charge in [-0.3, -0.25) is 4.98 Å². The van der Waals surface area contributed by atoms with Crippen LogP contribution in [0, 0.1) is 5.92 Å². The van der Waals surface area contributed by atoms with Crippen LogP contribution in [-0.2, 0) is 6.54 Å². The molecule has 0 aliphatic heterocycles. The molecule has 1 atom stereocenters. The lowest BCUT2D eigenvalue weighted by atomic mass is 10.1. The first-order valence-corrected chi connectivity index (χ1v) is 7.01. The molecule has 1 rings (SSSR count). The van der Waals surface area contributed by atoms with Crippen LogP contribution < -0.4 is 0 Å². The Morgan fingerprint density at radius 1 is 1.50 bits per heavy atom. The maximum absolute atomic E-state index is 4.14. The van der Waals surface area contributed by atoms with Gasteiger partial charge in [-0.15, -0.1) is 0 Å². The molecule has 90 valence electrons. The van der Waals surface area contributed by atoms with Crippen molar-refractivity contribution in [3.05, 3.63) is 30.1 Å². The predicted molar refractivity (Wildman–Crippen MR) is 72.8 cm³/mol. The Labute approximate surface area is 107 Å². The van der Waals surface area contributed by atoms with Crippen molar-refractivity contribution < 1.29 is 0 Å². The second-order valence-electron chi connectivity index (χ2n) is 4.37. The molecule has 1 aromatic heterocycles. The minimum atomic E-state index is 0.756. The molecule has 1 heterocycles. The van der Waals surface area contributed by atoms with Crippen molar-refractivity contribution in [2.24, 2.45) is 5.92 Å². The molecule has 1 aromatic rings. The molecule has 0 spiro atoms. The monoisotopic (exact) mass is 284 g/mol. The van der Waals surface area contributed by atoms with Gasteiger partial charge in [-0.1, -0.05) is 35.3 Å². The van der Waals surface area contributed by atoms with Crippen LogP contribution in [0.15, 0.2) is 24.5 Å². The number of hydrogen-bond donors (Lipinski definition) is 0. The quantitative estimate of drug-likeness (QED) is 0.714. The van der Waals surface area contributed by atoms with E-state index in [1.165, 1.54) is 18.4 Å². The highest BCUT2D eigenvalue weighted by molar-refractivity contribution is 9.09. The van der Waals surface area contributed by atoms with E-state index in [0.29, 0.717) is 0 Å². The fraction of sp³-hybridized carbons (Fsp3) is 0.615. The Balaban J connectivity index is 2.37. The van der Waals surface area contributed by atoms with Crippen LogP contribution in [-0.4, -0.2) is 28.8 Å². The van der Waals surface area contributed by atoms with Gasteiger partial charge in [-0.2, -0.15) is 0 Å². The van der Waals surface area contributed by atoms with Crippen LogP contribution in [0.1, 0.15) is 25.3 Å². The SMILES string of the molecule is CCCC(CBr)CN(C)Cc1cccnc1. The van der Waals surface area contributed by atoms with E-state index in [4.69, 9.17) is 0 Å². The third-order valence-electron chi connectivity index (χ3n) is 2.66. The van der Waals surface area contributed by atoms with Crippen molar-refractivity contribution in [2.75, 3.05) is 18.9 Å². The van der Waals surface area contributed by atoms with Crippen molar-refractivity contribution in [1.29, 1.82) is 0 Å². The molecule has 0 bridgehead atoms. The molecule has 3 heteroatoms. The van der Waals surface area contributed by atoms with Crippen molar-refractivity contribution in [3.8, 4) is 0 Å². The molecular weight excluding hydrogens is 264 g/mol. The number of rotatable bonds is 7. The molecule has 2 nitrogen and oxygen atoms in total. The standard InChI is InChI=1S/C13H21BrN2/c1-3-5-12(8-14)10-16(2)11-13-6-4-7-15-9-13/h4,6-7,9,12H,3,5,8,10-11H2,1-2H3. The number of pyridine rings is 1. The van der Waals surface area contributed by atoms with Gasteiger partial charge >= 0.3 is 0 Å². The topological polar surface area (TPSA) is 16.1 Å². The van der Waals surface area contributed by atoms with E-state index in [1.54, 1.807) is 0 Å². The smallest absolute Gasteiger partial charge is 0.0312 e. The summed E-state index contributed by atoms with van der Waals surface area (Å²) in [6.45, 7) is 4.38. The summed E-state index contributed by atoms with van der Waals surface area (Å²) in [7, 11) is 2.18. The third-order valence-corrected chi connectivity index (χ3v) is 3.58. The highest BCUT2D eigenvalue weighted by atomic mass is 79.9. The lowest BCUT2D eigenvalue weighted by Crippen LogP contribution is -2.26. The molecule has 0 aliphatic carbocycles. The highest BCUT2D eigenvalue weighted by Crippen LogP contribution is 2.12. The normalized spacial score (nSPS) is 13.0. The largest absolute Gasteiger partial charge is 0.302 e. The zero-order chi connectivity index (χ0) is 11.8. The summed E-state index contributed by atoms with van der Waals surface area (Å²) in [5.41, 5.74) is 1.29.